The second-order valence-electron chi connectivity index (χ2n) is 6.17. The van der Waals surface area contributed by atoms with Crippen molar-refractivity contribution in [3.8, 4) is 0 Å². The summed E-state index contributed by atoms with van der Waals surface area (Å²) in [6.07, 6.45) is 3.50. The van der Waals surface area contributed by atoms with Crippen LogP contribution in [-0.4, -0.2) is 27.8 Å². The van der Waals surface area contributed by atoms with Gasteiger partial charge in [0, 0.05) is 17.1 Å². The number of rotatable bonds is 4. The Morgan fingerprint density at radius 2 is 2.07 bits per heavy atom. The number of amidine groups is 1. The number of benzene rings is 2. The zero-order chi connectivity index (χ0) is 19.5. The third-order valence-corrected chi connectivity index (χ3v) is 5.21. The third-order valence-electron chi connectivity index (χ3n) is 4.29. The molecule has 4 rings (SSSR count). The Morgan fingerprint density at radius 1 is 1.21 bits per heavy atom. The lowest BCUT2D eigenvalue weighted by Crippen LogP contribution is -2.21. The van der Waals surface area contributed by atoms with Gasteiger partial charge in [-0.15, -0.1) is 0 Å². The molecule has 1 atom stereocenters. The molecule has 0 radical (unpaired) electrons. The molecule has 1 saturated heterocycles. The molecule has 1 aliphatic rings. The molecule has 140 valence electrons. The van der Waals surface area contributed by atoms with E-state index in [4.69, 9.17) is 0 Å². The van der Waals surface area contributed by atoms with Crippen LogP contribution in [0.1, 0.15) is 17.2 Å². The minimum atomic E-state index is -0.782. The maximum Gasteiger partial charge on any atom is 0.264 e. The van der Waals surface area contributed by atoms with Crippen molar-refractivity contribution < 1.29 is 14.3 Å². The van der Waals surface area contributed by atoms with Gasteiger partial charge in [-0.1, -0.05) is 30.3 Å². The van der Waals surface area contributed by atoms with Crippen molar-refractivity contribution in [1.29, 1.82) is 0 Å². The summed E-state index contributed by atoms with van der Waals surface area (Å²) in [5.41, 5.74) is 2.03. The highest BCUT2D eigenvalue weighted by atomic mass is 32.2. The molecule has 5 nitrogen and oxygen atoms in total. The Hall–Kier alpha value is -3.03. The molecule has 28 heavy (non-hydrogen) atoms. The number of nitrogens with zero attached hydrogens (tertiary/aromatic N) is 2. The Balaban J connectivity index is 1.59. The molecule has 3 aromatic rings. The van der Waals surface area contributed by atoms with Crippen molar-refractivity contribution in [3.63, 3.8) is 0 Å². The van der Waals surface area contributed by atoms with Gasteiger partial charge in [0.1, 0.15) is 11.9 Å². The molecule has 2 heterocycles. The lowest BCUT2D eigenvalue weighted by molar-refractivity contribution is -0.115. The summed E-state index contributed by atoms with van der Waals surface area (Å²) in [7, 11) is 0. The minimum absolute atomic E-state index is 0.278. The van der Waals surface area contributed by atoms with Crippen LogP contribution in [0.15, 0.2) is 70.7 Å². The standard InChI is InChI=1S/C21H16FN3O2S/c22-16-6-2-1-5-15(16)18(12-26)24-21-25-20(27)19(28-21)11-13-7-8-17-14(10-13)4-3-9-23-17/h1-11,18,26H,12H2,(H,24,25,27). The monoisotopic (exact) mass is 393 g/mol. The lowest BCUT2D eigenvalue weighted by atomic mass is 10.1. The number of hydrogen-bond donors (Lipinski definition) is 2. The number of amides is 1. The first kappa shape index (κ1) is 18.3. The molecule has 7 heteroatoms. The summed E-state index contributed by atoms with van der Waals surface area (Å²) < 4.78 is 14.0. The SMILES string of the molecule is O=C1NC(=NC(CO)c2ccccc2F)SC1=Cc1ccc2ncccc2c1. The van der Waals surface area contributed by atoms with Gasteiger partial charge in [-0.2, -0.15) is 0 Å². The van der Waals surface area contributed by atoms with Crippen LogP contribution in [0.3, 0.4) is 0 Å². The molecule has 2 N–H and O–H groups in total. The molecule has 1 amide bonds. The molecule has 0 aliphatic carbocycles. The molecule has 0 spiro atoms. The average Bonchev–Trinajstić information content (AvgIpc) is 3.05. The highest BCUT2D eigenvalue weighted by molar-refractivity contribution is 8.18. The number of aromatic nitrogens is 1. The number of aliphatic hydroxyl groups is 1. The van der Waals surface area contributed by atoms with Gasteiger partial charge in [-0.3, -0.25) is 14.8 Å². The van der Waals surface area contributed by atoms with E-state index in [-0.39, 0.29) is 18.1 Å². The fourth-order valence-corrected chi connectivity index (χ4v) is 3.79. The van der Waals surface area contributed by atoms with E-state index in [1.165, 1.54) is 6.07 Å². The molecule has 1 aromatic heterocycles. The fraction of sp³-hybridized carbons (Fsp3) is 0.0952. The lowest BCUT2D eigenvalue weighted by Gasteiger charge is -2.11. The summed E-state index contributed by atoms with van der Waals surface area (Å²) >= 11 is 1.16. The van der Waals surface area contributed by atoms with Gasteiger partial charge in [0.15, 0.2) is 5.17 Å². The summed E-state index contributed by atoms with van der Waals surface area (Å²) in [5.74, 6) is -0.721. The minimum Gasteiger partial charge on any atom is -0.394 e. The number of pyridine rings is 1. The van der Waals surface area contributed by atoms with E-state index in [1.54, 1.807) is 30.5 Å². The Bertz CT molecular complexity index is 1110. The summed E-state index contributed by atoms with van der Waals surface area (Å²) in [6.45, 7) is -0.364. The van der Waals surface area contributed by atoms with Gasteiger partial charge in [0.05, 0.1) is 17.0 Å². The first-order valence-electron chi connectivity index (χ1n) is 8.63. The fourth-order valence-electron chi connectivity index (χ4n) is 2.92. The van der Waals surface area contributed by atoms with Crippen LogP contribution in [-0.2, 0) is 4.79 Å². The third kappa shape index (κ3) is 3.81. The van der Waals surface area contributed by atoms with E-state index < -0.39 is 11.9 Å². The van der Waals surface area contributed by atoms with Crippen molar-refractivity contribution in [2.24, 2.45) is 4.99 Å². The zero-order valence-corrected chi connectivity index (χ0v) is 15.5. The summed E-state index contributed by atoms with van der Waals surface area (Å²) in [6, 6.07) is 14.9. The Kier molecular flexibility index (Phi) is 5.18. The van der Waals surface area contributed by atoms with Gasteiger partial charge < -0.3 is 10.4 Å². The number of thioether (sulfide) groups is 1. The van der Waals surface area contributed by atoms with E-state index in [0.29, 0.717) is 10.1 Å². The van der Waals surface area contributed by atoms with Gasteiger partial charge in [0.25, 0.3) is 5.91 Å². The largest absolute Gasteiger partial charge is 0.394 e. The van der Waals surface area contributed by atoms with Crippen LogP contribution < -0.4 is 5.32 Å². The van der Waals surface area contributed by atoms with Crippen LogP contribution in [0.4, 0.5) is 4.39 Å². The summed E-state index contributed by atoms with van der Waals surface area (Å²) in [4.78, 5) is 21.4. The Labute approximate surface area is 165 Å². The molecule has 2 aromatic carbocycles. The number of nitrogens with one attached hydrogen (secondary N) is 1. The van der Waals surface area contributed by atoms with Gasteiger partial charge >= 0.3 is 0 Å². The van der Waals surface area contributed by atoms with E-state index in [9.17, 15) is 14.3 Å². The number of carbonyl (C=O) groups excluding carboxylic acids is 1. The second-order valence-corrected chi connectivity index (χ2v) is 7.21. The zero-order valence-electron chi connectivity index (χ0n) is 14.7. The normalized spacial score (nSPS) is 18.0. The number of halogens is 1. The van der Waals surface area contributed by atoms with Crippen LogP contribution in [0.25, 0.3) is 17.0 Å². The predicted octanol–water partition coefficient (Wildman–Crippen LogP) is 3.67. The summed E-state index contributed by atoms with van der Waals surface area (Å²) in [5, 5.41) is 13.6. The van der Waals surface area contributed by atoms with E-state index in [1.807, 2.05) is 30.3 Å². The maximum absolute atomic E-state index is 14.0. The quantitative estimate of drug-likeness (QED) is 0.664. The molecule has 0 saturated carbocycles. The first-order chi connectivity index (χ1) is 13.6. The van der Waals surface area contributed by atoms with Crippen LogP contribution in [0.5, 0.6) is 0 Å². The molecule has 1 fully saturated rings. The van der Waals surface area contributed by atoms with E-state index >= 15 is 0 Å². The van der Waals surface area contributed by atoms with Crippen molar-refractivity contribution in [3.05, 3.63) is 82.6 Å². The van der Waals surface area contributed by atoms with Gasteiger partial charge in [0.2, 0.25) is 0 Å². The van der Waals surface area contributed by atoms with Gasteiger partial charge in [-0.05, 0) is 47.7 Å². The number of aliphatic imine (C=N–C) groups is 1. The van der Waals surface area contributed by atoms with Crippen molar-refractivity contribution in [2.75, 3.05) is 6.61 Å². The molecule has 1 unspecified atom stereocenters. The van der Waals surface area contributed by atoms with E-state index in [0.717, 1.165) is 28.2 Å². The highest BCUT2D eigenvalue weighted by Gasteiger charge is 2.25. The number of fused-ring (bicyclic) bond motifs is 1. The highest BCUT2D eigenvalue weighted by Crippen LogP contribution is 2.29. The number of carbonyl (C=O) groups is 1. The smallest absolute Gasteiger partial charge is 0.264 e. The van der Waals surface area contributed by atoms with E-state index in [2.05, 4.69) is 15.3 Å². The molecular formula is C21H16FN3O2S. The number of aliphatic hydroxyl groups excluding tert-OH is 1. The van der Waals surface area contributed by atoms with Gasteiger partial charge in [-0.25, -0.2) is 4.39 Å². The van der Waals surface area contributed by atoms with Crippen LogP contribution in [0, 0.1) is 5.82 Å². The van der Waals surface area contributed by atoms with Crippen LogP contribution in [0.2, 0.25) is 0 Å². The molecule has 1 aliphatic heterocycles. The van der Waals surface area contributed by atoms with Crippen molar-refractivity contribution in [2.45, 2.75) is 6.04 Å². The van der Waals surface area contributed by atoms with Crippen LogP contribution >= 0.6 is 11.8 Å². The maximum atomic E-state index is 14.0. The average molecular weight is 393 g/mol. The topological polar surface area (TPSA) is 74.6 Å². The first-order valence-corrected chi connectivity index (χ1v) is 9.44. The second kappa shape index (κ2) is 7.92. The van der Waals surface area contributed by atoms with Crippen molar-refractivity contribution in [1.82, 2.24) is 10.3 Å². The molecular weight excluding hydrogens is 377 g/mol. The molecule has 0 bridgehead atoms. The predicted molar refractivity (Wildman–Crippen MR) is 109 cm³/mol. The Morgan fingerprint density at radius 3 is 2.89 bits per heavy atom. The van der Waals surface area contributed by atoms with Crippen molar-refractivity contribution >= 4 is 39.8 Å². The number of hydrogen-bond acceptors (Lipinski definition) is 5.